The number of hydrogen-bond acceptors (Lipinski definition) is 6. The number of thioether (sulfide) groups is 1. The zero-order valence-electron chi connectivity index (χ0n) is 18.9. The largest absolute Gasteiger partial charge is 0.497 e. The molecule has 1 unspecified atom stereocenters. The molecule has 0 saturated carbocycles. The van der Waals surface area contributed by atoms with Gasteiger partial charge in [-0.15, -0.1) is 10.2 Å². The molecule has 35 heavy (non-hydrogen) atoms. The topological polar surface area (TPSA) is 78.3 Å². The van der Waals surface area contributed by atoms with E-state index in [0.29, 0.717) is 26.9 Å². The number of aromatic nitrogens is 3. The highest BCUT2D eigenvalue weighted by atomic mass is 79.9. The van der Waals surface area contributed by atoms with Crippen LogP contribution in [0.15, 0.2) is 82.4 Å². The van der Waals surface area contributed by atoms with Gasteiger partial charge < -0.3 is 14.8 Å². The van der Waals surface area contributed by atoms with Crippen LogP contribution in [0.3, 0.4) is 0 Å². The summed E-state index contributed by atoms with van der Waals surface area (Å²) in [6.07, 6.45) is -0.422. The summed E-state index contributed by atoms with van der Waals surface area (Å²) in [5.41, 5.74) is 1.34. The predicted octanol–water partition coefficient (Wildman–Crippen LogP) is 6.05. The minimum absolute atomic E-state index is 0.0858. The summed E-state index contributed by atoms with van der Waals surface area (Å²) in [6.45, 7) is 1.89. The van der Waals surface area contributed by atoms with E-state index < -0.39 is 11.9 Å². The number of methoxy groups -OCH3 is 1. The average Bonchev–Trinajstić information content (AvgIpc) is 3.30. The van der Waals surface area contributed by atoms with Crippen molar-refractivity contribution in [3.63, 3.8) is 0 Å². The first-order chi connectivity index (χ1) is 16.9. The molecule has 0 fully saturated rings. The van der Waals surface area contributed by atoms with E-state index in [1.807, 2.05) is 66.1 Å². The summed E-state index contributed by atoms with van der Waals surface area (Å²) < 4.78 is 27.0. The Hall–Kier alpha value is -3.37. The third-order valence-corrected chi connectivity index (χ3v) is 6.53. The summed E-state index contributed by atoms with van der Waals surface area (Å²) in [4.78, 5) is 12.6. The highest BCUT2D eigenvalue weighted by Gasteiger charge is 2.22. The van der Waals surface area contributed by atoms with E-state index in [1.54, 1.807) is 7.11 Å². The molecule has 3 aromatic carbocycles. The number of hydrogen-bond donors (Lipinski definition) is 1. The fourth-order valence-electron chi connectivity index (χ4n) is 3.28. The van der Waals surface area contributed by atoms with Crippen LogP contribution >= 0.6 is 27.7 Å². The third kappa shape index (κ3) is 6.20. The number of para-hydroxylation sites is 1. The Morgan fingerprint density at radius 2 is 1.80 bits per heavy atom. The number of nitrogens with one attached hydrogen (secondary N) is 1. The number of anilines is 1. The Labute approximate surface area is 214 Å². The van der Waals surface area contributed by atoms with Crippen LogP contribution in [-0.2, 0) is 4.79 Å². The van der Waals surface area contributed by atoms with Gasteiger partial charge >= 0.3 is 0 Å². The van der Waals surface area contributed by atoms with E-state index in [4.69, 9.17) is 9.47 Å². The molecule has 0 aliphatic rings. The molecular formula is C25H22BrFN4O3S. The second-order valence-electron chi connectivity index (χ2n) is 7.41. The van der Waals surface area contributed by atoms with Gasteiger partial charge in [0.05, 0.1) is 18.6 Å². The number of benzene rings is 3. The van der Waals surface area contributed by atoms with Gasteiger partial charge in [-0.3, -0.25) is 9.36 Å². The lowest BCUT2D eigenvalue weighted by molar-refractivity contribution is -0.113. The van der Waals surface area contributed by atoms with Gasteiger partial charge in [0, 0.05) is 10.2 Å². The molecule has 4 aromatic rings. The first kappa shape index (κ1) is 24.7. The lowest BCUT2D eigenvalue weighted by atomic mass is 10.3. The van der Waals surface area contributed by atoms with Crippen LogP contribution in [0, 0.1) is 5.82 Å². The van der Waals surface area contributed by atoms with E-state index in [1.165, 1.54) is 30.0 Å². The van der Waals surface area contributed by atoms with Gasteiger partial charge in [0.25, 0.3) is 0 Å². The van der Waals surface area contributed by atoms with Gasteiger partial charge in [-0.2, -0.15) is 0 Å². The van der Waals surface area contributed by atoms with E-state index in [0.717, 1.165) is 11.4 Å². The lowest BCUT2D eigenvalue weighted by Gasteiger charge is -2.17. The van der Waals surface area contributed by atoms with Gasteiger partial charge in [0.15, 0.2) is 17.1 Å². The van der Waals surface area contributed by atoms with Crippen molar-refractivity contribution in [1.82, 2.24) is 14.8 Å². The van der Waals surface area contributed by atoms with Crippen molar-refractivity contribution in [2.75, 3.05) is 18.2 Å². The third-order valence-electron chi connectivity index (χ3n) is 4.95. The summed E-state index contributed by atoms with van der Waals surface area (Å²) in [6, 6.07) is 21.0. The van der Waals surface area contributed by atoms with Crippen molar-refractivity contribution in [2.24, 2.45) is 0 Å². The number of nitrogens with zero attached hydrogens (tertiary/aromatic N) is 3. The Balaban J connectivity index is 1.52. The molecule has 0 radical (unpaired) electrons. The zero-order valence-corrected chi connectivity index (χ0v) is 21.3. The minimum atomic E-state index is -0.422. The Bertz CT molecular complexity index is 1300. The Morgan fingerprint density at radius 3 is 2.49 bits per heavy atom. The first-order valence-electron chi connectivity index (χ1n) is 10.6. The van der Waals surface area contributed by atoms with Gasteiger partial charge in [-0.05, 0) is 77.5 Å². The standard InChI is InChI=1S/C25H22BrFN4O3S/c1-16(34-20-11-9-19(33-2)10-12-20)24-29-30-25(31(24)18-6-4-3-5-7-18)35-15-23(32)28-22-13-8-17(27)14-21(22)26/h3-14,16H,15H2,1-2H3,(H,28,32). The molecule has 180 valence electrons. The van der Waals surface area contributed by atoms with Crippen LogP contribution in [0.4, 0.5) is 10.1 Å². The second-order valence-corrected chi connectivity index (χ2v) is 9.21. The fourth-order valence-corrected chi connectivity index (χ4v) is 4.49. The maximum atomic E-state index is 13.3. The normalized spacial score (nSPS) is 11.7. The van der Waals surface area contributed by atoms with Gasteiger partial charge in [-0.25, -0.2) is 4.39 Å². The van der Waals surface area contributed by atoms with Gasteiger partial charge in [-0.1, -0.05) is 30.0 Å². The molecule has 0 aliphatic carbocycles. The molecule has 1 atom stereocenters. The van der Waals surface area contributed by atoms with Crippen molar-refractivity contribution < 1.29 is 18.7 Å². The van der Waals surface area contributed by atoms with Crippen molar-refractivity contribution in [3.8, 4) is 17.2 Å². The van der Waals surface area contributed by atoms with Crippen LogP contribution in [-0.4, -0.2) is 33.5 Å². The molecule has 0 bridgehead atoms. The molecule has 7 nitrogen and oxygen atoms in total. The maximum Gasteiger partial charge on any atom is 0.234 e. The SMILES string of the molecule is COc1ccc(OC(C)c2nnc(SCC(=O)Nc3ccc(F)cc3Br)n2-c2ccccc2)cc1. The van der Waals surface area contributed by atoms with E-state index in [9.17, 15) is 9.18 Å². The Morgan fingerprint density at radius 1 is 1.09 bits per heavy atom. The van der Waals surface area contributed by atoms with Crippen molar-refractivity contribution in [1.29, 1.82) is 0 Å². The quantitative estimate of drug-likeness (QED) is 0.253. The molecule has 0 saturated heterocycles. The summed E-state index contributed by atoms with van der Waals surface area (Å²) >= 11 is 4.50. The number of rotatable bonds is 9. The van der Waals surface area contributed by atoms with Crippen LogP contribution in [0.2, 0.25) is 0 Å². The van der Waals surface area contributed by atoms with Gasteiger partial charge in [0.1, 0.15) is 17.3 Å². The lowest BCUT2D eigenvalue weighted by Crippen LogP contribution is -2.15. The fraction of sp³-hybridized carbons (Fsp3) is 0.160. The summed E-state index contributed by atoms with van der Waals surface area (Å²) in [7, 11) is 1.61. The molecule has 0 aliphatic heterocycles. The molecule has 1 amide bonds. The van der Waals surface area contributed by atoms with E-state index in [2.05, 4.69) is 31.4 Å². The number of halogens is 2. The van der Waals surface area contributed by atoms with Crippen molar-refractivity contribution >= 4 is 39.3 Å². The highest BCUT2D eigenvalue weighted by molar-refractivity contribution is 9.10. The maximum absolute atomic E-state index is 13.3. The van der Waals surface area contributed by atoms with Crippen LogP contribution in [0.25, 0.3) is 5.69 Å². The van der Waals surface area contributed by atoms with Gasteiger partial charge in [0.2, 0.25) is 5.91 Å². The van der Waals surface area contributed by atoms with Crippen LogP contribution in [0.1, 0.15) is 18.9 Å². The van der Waals surface area contributed by atoms with E-state index in [-0.39, 0.29) is 11.7 Å². The average molecular weight is 557 g/mol. The zero-order chi connectivity index (χ0) is 24.8. The van der Waals surface area contributed by atoms with Crippen LogP contribution < -0.4 is 14.8 Å². The summed E-state index contributed by atoms with van der Waals surface area (Å²) in [5, 5.41) is 12.0. The van der Waals surface area contributed by atoms with Crippen molar-refractivity contribution in [2.45, 2.75) is 18.2 Å². The Kier molecular flexibility index (Phi) is 8.04. The number of carbonyl (C=O) groups is 1. The second kappa shape index (κ2) is 11.4. The molecule has 10 heteroatoms. The van der Waals surface area contributed by atoms with E-state index >= 15 is 0 Å². The number of ether oxygens (including phenoxy) is 2. The molecule has 1 aromatic heterocycles. The summed E-state index contributed by atoms with van der Waals surface area (Å²) in [5.74, 6) is 1.44. The first-order valence-corrected chi connectivity index (χ1v) is 12.4. The van der Waals surface area contributed by atoms with Crippen LogP contribution in [0.5, 0.6) is 11.5 Å². The molecular weight excluding hydrogens is 535 g/mol. The molecule has 4 rings (SSSR count). The molecule has 0 spiro atoms. The minimum Gasteiger partial charge on any atom is -0.497 e. The number of amides is 1. The monoisotopic (exact) mass is 556 g/mol. The molecule has 1 heterocycles. The number of carbonyl (C=O) groups excluding carboxylic acids is 1. The smallest absolute Gasteiger partial charge is 0.234 e. The molecule has 1 N–H and O–H groups in total. The highest BCUT2D eigenvalue weighted by Crippen LogP contribution is 2.29. The van der Waals surface area contributed by atoms with Crippen molar-refractivity contribution in [3.05, 3.63) is 88.9 Å². The predicted molar refractivity (Wildman–Crippen MR) is 137 cm³/mol.